The summed E-state index contributed by atoms with van der Waals surface area (Å²) in [4.78, 5) is 24.2. The van der Waals surface area contributed by atoms with Crippen molar-refractivity contribution in [3.63, 3.8) is 0 Å². The first-order valence-corrected chi connectivity index (χ1v) is 6.14. The molecule has 0 spiro atoms. The smallest absolute Gasteiger partial charge is 0.343 e. The van der Waals surface area contributed by atoms with Crippen molar-refractivity contribution in [2.24, 2.45) is 0 Å². The van der Waals surface area contributed by atoms with Crippen LogP contribution in [0.4, 0.5) is 4.39 Å². The van der Waals surface area contributed by atoms with Gasteiger partial charge in [0.15, 0.2) is 5.76 Å². The summed E-state index contributed by atoms with van der Waals surface area (Å²) < 4.78 is 19.1. The predicted octanol–water partition coefficient (Wildman–Crippen LogP) is 2.04. The van der Waals surface area contributed by atoms with E-state index in [2.05, 4.69) is 0 Å². The van der Waals surface area contributed by atoms with Crippen molar-refractivity contribution < 1.29 is 23.5 Å². The minimum Gasteiger partial charge on any atom is -0.479 e. The van der Waals surface area contributed by atoms with E-state index >= 15 is 0 Å². The fourth-order valence-electron chi connectivity index (χ4n) is 2.21. The van der Waals surface area contributed by atoms with Crippen LogP contribution in [0, 0.1) is 0 Å². The zero-order valence-corrected chi connectivity index (χ0v) is 10.9. The number of hydrogen-bond acceptors (Lipinski definition) is 3. The predicted molar refractivity (Wildman–Crippen MR) is 64.8 cm³/mol. The molecule has 104 valence electrons. The molecule has 1 aliphatic rings. The average Bonchev–Trinajstić information content (AvgIpc) is 2.95. The lowest BCUT2D eigenvalue weighted by Crippen LogP contribution is -2.39. The number of halogens is 1. The summed E-state index contributed by atoms with van der Waals surface area (Å²) in [6.07, 6.45) is 1.23. The topological polar surface area (TPSA) is 70.8 Å². The molecule has 1 amide bonds. The summed E-state index contributed by atoms with van der Waals surface area (Å²) in [5.41, 5.74) is -1.60. The highest BCUT2D eigenvalue weighted by molar-refractivity contribution is 5.94. The number of aliphatic carboxylic acids is 1. The number of amides is 1. The molecule has 0 bridgehead atoms. The first kappa shape index (κ1) is 13.6. The van der Waals surface area contributed by atoms with Crippen molar-refractivity contribution in [3.8, 4) is 0 Å². The van der Waals surface area contributed by atoms with Gasteiger partial charge in [0.2, 0.25) is 5.67 Å². The lowest BCUT2D eigenvalue weighted by atomic mass is 10.0. The zero-order valence-electron chi connectivity index (χ0n) is 10.9. The molecule has 1 N–H and O–H groups in total. The number of carboxylic acids is 1. The van der Waals surface area contributed by atoms with Gasteiger partial charge in [0, 0.05) is 18.5 Å². The second-order valence-corrected chi connectivity index (χ2v) is 5.11. The molecule has 1 atom stereocenters. The molecule has 1 fully saturated rings. The maximum atomic E-state index is 13.9. The van der Waals surface area contributed by atoms with E-state index in [1.54, 1.807) is 6.07 Å². The van der Waals surface area contributed by atoms with Gasteiger partial charge in [-0.1, -0.05) is 13.8 Å². The molecule has 0 radical (unpaired) electrons. The molecule has 1 aromatic rings. The Kier molecular flexibility index (Phi) is 3.34. The molecular weight excluding hydrogens is 253 g/mol. The highest BCUT2D eigenvalue weighted by atomic mass is 19.1. The molecule has 0 aromatic carbocycles. The fraction of sp³-hybridized carbons (Fsp3) is 0.538. The van der Waals surface area contributed by atoms with E-state index in [1.165, 1.54) is 11.2 Å². The Morgan fingerprint density at radius 3 is 2.74 bits per heavy atom. The SMILES string of the molecule is CC(C)c1ccoc1C(=O)N1CC[C@](F)(C(=O)O)C1. The third-order valence-corrected chi connectivity index (χ3v) is 3.40. The Balaban J connectivity index is 2.18. The Morgan fingerprint density at radius 2 is 2.21 bits per heavy atom. The number of carbonyl (C=O) groups excluding carboxylic acids is 1. The van der Waals surface area contributed by atoms with Crippen molar-refractivity contribution in [3.05, 3.63) is 23.7 Å². The molecular formula is C13H16FNO4. The van der Waals surface area contributed by atoms with Crippen LogP contribution in [0.1, 0.15) is 42.3 Å². The van der Waals surface area contributed by atoms with Crippen LogP contribution in [0.25, 0.3) is 0 Å². The number of rotatable bonds is 3. The summed E-state index contributed by atoms with van der Waals surface area (Å²) in [7, 11) is 0. The van der Waals surface area contributed by atoms with Crippen LogP contribution in [-0.4, -0.2) is 40.6 Å². The molecule has 0 aliphatic carbocycles. The largest absolute Gasteiger partial charge is 0.479 e. The molecule has 19 heavy (non-hydrogen) atoms. The second kappa shape index (κ2) is 4.68. The molecule has 2 heterocycles. The van der Waals surface area contributed by atoms with Gasteiger partial charge in [0.25, 0.3) is 5.91 Å². The van der Waals surface area contributed by atoms with Crippen molar-refractivity contribution >= 4 is 11.9 Å². The van der Waals surface area contributed by atoms with Crippen LogP contribution in [0.15, 0.2) is 16.7 Å². The third kappa shape index (κ3) is 2.34. The second-order valence-electron chi connectivity index (χ2n) is 5.11. The molecule has 5 nitrogen and oxygen atoms in total. The van der Waals surface area contributed by atoms with E-state index in [0.29, 0.717) is 0 Å². The monoisotopic (exact) mass is 269 g/mol. The maximum Gasteiger partial charge on any atom is 0.343 e. The summed E-state index contributed by atoms with van der Waals surface area (Å²) in [5, 5.41) is 8.81. The number of likely N-dealkylation sites (tertiary alicyclic amines) is 1. The Labute approximate surface area is 110 Å². The van der Waals surface area contributed by atoms with Gasteiger partial charge in [0.1, 0.15) is 0 Å². The van der Waals surface area contributed by atoms with Gasteiger partial charge in [-0.05, 0) is 12.0 Å². The summed E-state index contributed by atoms with van der Waals surface area (Å²) in [5.74, 6) is -1.69. The lowest BCUT2D eigenvalue weighted by Gasteiger charge is -2.17. The summed E-state index contributed by atoms with van der Waals surface area (Å²) in [6.45, 7) is 3.49. The van der Waals surface area contributed by atoms with E-state index in [9.17, 15) is 14.0 Å². The third-order valence-electron chi connectivity index (χ3n) is 3.40. The number of carboxylic acid groups (broad SMARTS) is 1. The van der Waals surface area contributed by atoms with E-state index in [1.807, 2.05) is 13.8 Å². The van der Waals surface area contributed by atoms with E-state index in [0.717, 1.165) is 5.56 Å². The van der Waals surface area contributed by atoms with Crippen molar-refractivity contribution in [1.29, 1.82) is 0 Å². The molecule has 1 saturated heterocycles. The number of nitrogens with zero attached hydrogens (tertiary/aromatic N) is 1. The van der Waals surface area contributed by atoms with Crippen LogP contribution in [0.2, 0.25) is 0 Å². The van der Waals surface area contributed by atoms with Gasteiger partial charge in [-0.25, -0.2) is 9.18 Å². The van der Waals surface area contributed by atoms with E-state index < -0.39 is 24.1 Å². The van der Waals surface area contributed by atoms with Gasteiger partial charge in [-0.15, -0.1) is 0 Å². The normalized spacial score (nSPS) is 23.1. The van der Waals surface area contributed by atoms with Gasteiger partial charge in [-0.3, -0.25) is 4.79 Å². The minimum absolute atomic E-state index is 0.0832. The maximum absolute atomic E-state index is 13.9. The highest BCUT2D eigenvalue weighted by Crippen LogP contribution is 2.29. The van der Waals surface area contributed by atoms with Gasteiger partial charge >= 0.3 is 5.97 Å². The number of alkyl halides is 1. The first-order chi connectivity index (χ1) is 8.85. The highest BCUT2D eigenvalue weighted by Gasteiger charge is 2.47. The average molecular weight is 269 g/mol. The van der Waals surface area contributed by atoms with Crippen molar-refractivity contribution in [1.82, 2.24) is 4.90 Å². The summed E-state index contributed by atoms with van der Waals surface area (Å²) >= 11 is 0. The first-order valence-electron chi connectivity index (χ1n) is 6.14. The number of carbonyl (C=O) groups is 2. The van der Waals surface area contributed by atoms with Crippen molar-refractivity contribution in [2.75, 3.05) is 13.1 Å². The van der Waals surface area contributed by atoms with Crippen LogP contribution in [0.3, 0.4) is 0 Å². The Bertz CT molecular complexity index is 510. The molecule has 1 aromatic heterocycles. The lowest BCUT2D eigenvalue weighted by molar-refractivity contribution is -0.149. The number of furan rings is 1. The van der Waals surface area contributed by atoms with Gasteiger partial charge < -0.3 is 14.4 Å². The molecule has 0 saturated carbocycles. The minimum atomic E-state index is -2.35. The van der Waals surface area contributed by atoms with Crippen LogP contribution < -0.4 is 0 Å². The van der Waals surface area contributed by atoms with Crippen LogP contribution >= 0.6 is 0 Å². The van der Waals surface area contributed by atoms with Crippen molar-refractivity contribution in [2.45, 2.75) is 31.9 Å². The number of hydrogen-bond donors (Lipinski definition) is 1. The van der Waals surface area contributed by atoms with E-state index in [-0.39, 0.29) is 24.6 Å². The van der Waals surface area contributed by atoms with Gasteiger partial charge in [-0.2, -0.15) is 0 Å². The standard InChI is InChI=1S/C13H16FNO4/c1-8(2)9-3-6-19-10(9)11(16)15-5-4-13(14,7-15)12(17)18/h3,6,8H,4-5,7H2,1-2H3,(H,17,18)/t13-/m1/s1. The molecule has 0 unspecified atom stereocenters. The summed E-state index contributed by atoms with van der Waals surface area (Å²) in [6, 6.07) is 1.70. The van der Waals surface area contributed by atoms with Crippen LogP contribution in [0.5, 0.6) is 0 Å². The molecule has 6 heteroatoms. The quantitative estimate of drug-likeness (QED) is 0.911. The Hall–Kier alpha value is -1.85. The van der Waals surface area contributed by atoms with Gasteiger partial charge in [0.05, 0.1) is 12.8 Å². The van der Waals surface area contributed by atoms with E-state index in [4.69, 9.17) is 9.52 Å². The van der Waals surface area contributed by atoms with Crippen LogP contribution in [-0.2, 0) is 4.79 Å². The zero-order chi connectivity index (χ0) is 14.2. The molecule has 2 rings (SSSR count). The fourth-order valence-corrected chi connectivity index (χ4v) is 2.21. The Morgan fingerprint density at radius 1 is 1.53 bits per heavy atom. The molecule has 1 aliphatic heterocycles.